The van der Waals surface area contributed by atoms with E-state index >= 15 is 4.39 Å². The monoisotopic (exact) mass is 563 g/mol. The van der Waals surface area contributed by atoms with Crippen molar-refractivity contribution in [3.63, 3.8) is 0 Å². The summed E-state index contributed by atoms with van der Waals surface area (Å²) < 4.78 is 41.7. The second kappa shape index (κ2) is 10.6. The largest absolute Gasteiger partial charge is 0.490 e. The summed E-state index contributed by atoms with van der Waals surface area (Å²) in [6.07, 6.45) is 0.463. The quantitative estimate of drug-likeness (QED) is 0.361. The van der Waals surface area contributed by atoms with E-state index in [1.807, 2.05) is 6.92 Å². The fourth-order valence-corrected chi connectivity index (χ4v) is 5.94. The molecule has 0 radical (unpaired) electrons. The summed E-state index contributed by atoms with van der Waals surface area (Å²) in [6.45, 7) is 11.4. The number of aryl methyl sites for hydroxylation is 2. The van der Waals surface area contributed by atoms with Crippen LogP contribution < -0.4 is 9.64 Å². The van der Waals surface area contributed by atoms with Crippen molar-refractivity contribution in [2.45, 2.75) is 72.5 Å². The normalized spacial score (nSPS) is 15.3. The number of anilines is 1. The third kappa shape index (κ3) is 5.21. The first kappa shape index (κ1) is 28.7. The highest BCUT2D eigenvalue weighted by molar-refractivity contribution is 6.08. The van der Waals surface area contributed by atoms with E-state index in [1.54, 1.807) is 57.7 Å². The average molecular weight is 564 g/mol. The van der Waals surface area contributed by atoms with Crippen molar-refractivity contribution in [3.8, 4) is 16.9 Å². The SMILES string of the molecule is Cc1ccc(C(=O)N2CCc3c2cc(C)c([C@H](OC(C)(C)C)C(=O)O)c3-c2cc(F)c3c(c2C)CCCO3)cc1F. The Morgan fingerprint density at radius 1 is 1.00 bits per heavy atom. The number of amides is 1. The fraction of sp³-hybridized carbons (Fsp3) is 0.394. The van der Waals surface area contributed by atoms with Crippen LogP contribution in [0.15, 0.2) is 30.3 Å². The summed E-state index contributed by atoms with van der Waals surface area (Å²) in [5.41, 5.74) is 4.92. The standard InChI is InChI=1S/C33H35F2NO5/c1-17-9-10-20(15-24(17)34)31(37)36-12-11-22-26(36)14-18(2)27(30(32(38)39)41-33(4,5)6)28(22)23-16-25(35)29-21(19(23)3)8-7-13-40-29/h9-10,14-16,30H,7-8,11-13H2,1-6H3,(H,38,39)/t30-/m0/s1. The minimum Gasteiger partial charge on any atom is -0.490 e. The molecule has 0 spiro atoms. The molecule has 0 unspecified atom stereocenters. The number of carboxylic acid groups (broad SMARTS) is 1. The fourth-order valence-electron chi connectivity index (χ4n) is 5.94. The van der Waals surface area contributed by atoms with E-state index in [-0.39, 0.29) is 17.2 Å². The molecule has 2 aliphatic heterocycles. The van der Waals surface area contributed by atoms with E-state index in [0.717, 1.165) is 23.1 Å². The highest BCUT2D eigenvalue weighted by atomic mass is 19.1. The van der Waals surface area contributed by atoms with E-state index in [4.69, 9.17) is 9.47 Å². The Morgan fingerprint density at radius 2 is 1.73 bits per heavy atom. The lowest BCUT2D eigenvalue weighted by Crippen LogP contribution is -2.30. The lowest BCUT2D eigenvalue weighted by Gasteiger charge is -2.30. The number of carbonyl (C=O) groups excluding carboxylic acids is 1. The van der Waals surface area contributed by atoms with E-state index < -0.39 is 29.3 Å². The van der Waals surface area contributed by atoms with Crippen molar-refractivity contribution >= 4 is 17.6 Å². The molecule has 1 atom stereocenters. The van der Waals surface area contributed by atoms with Crippen LogP contribution in [-0.4, -0.2) is 35.7 Å². The van der Waals surface area contributed by atoms with Crippen LogP contribution in [-0.2, 0) is 22.4 Å². The number of aliphatic carboxylic acids is 1. The Balaban J connectivity index is 1.77. The zero-order valence-corrected chi connectivity index (χ0v) is 24.3. The predicted molar refractivity (Wildman–Crippen MR) is 153 cm³/mol. The zero-order chi connectivity index (χ0) is 29.8. The first-order chi connectivity index (χ1) is 19.3. The number of fused-ring (bicyclic) bond motifs is 2. The maximum absolute atomic E-state index is 15.5. The van der Waals surface area contributed by atoms with Gasteiger partial charge >= 0.3 is 5.97 Å². The predicted octanol–water partition coefficient (Wildman–Crippen LogP) is 7.03. The van der Waals surface area contributed by atoms with Gasteiger partial charge in [-0.3, -0.25) is 4.79 Å². The number of nitrogens with zero attached hydrogens (tertiary/aromatic N) is 1. The van der Waals surface area contributed by atoms with Gasteiger partial charge in [0.1, 0.15) is 5.82 Å². The molecular weight excluding hydrogens is 528 g/mol. The van der Waals surface area contributed by atoms with Gasteiger partial charge in [0.05, 0.1) is 12.2 Å². The molecule has 6 nitrogen and oxygen atoms in total. The summed E-state index contributed by atoms with van der Waals surface area (Å²) in [7, 11) is 0. The van der Waals surface area contributed by atoms with Crippen LogP contribution in [0.5, 0.6) is 5.75 Å². The van der Waals surface area contributed by atoms with Gasteiger partial charge in [0, 0.05) is 28.9 Å². The van der Waals surface area contributed by atoms with Gasteiger partial charge < -0.3 is 19.5 Å². The molecule has 0 saturated heterocycles. The summed E-state index contributed by atoms with van der Waals surface area (Å²) in [6, 6.07) is 7.61. The van der Waals surface area contributed by atoms with E-state index in [1.165, 1.54) is 12.1 Å². The van der Waals surface area contributed by atoms with Crippen molar-refractivity contribution in [2.75, 3.05) is 18.1 Å². The highest BCUT2D eigenvalue weighted by Gasteiger charge is 2.37. The summed E-state index contributed by atoms with van der Waals surface area (Å²) in [4.78, 5) is 27.9. The summed E-state index contributed by atoms with van der Waals surface area (Å²) >= 11 is 0. The third-order valence-electron chi connectivity index (χ3n) is 7.86. The van der Waals surface area contributed by atoms with E-state index in [2.05, 4.69) is 0 Å². The first-order valence-electron chi connectivity index (χ1n) is 13.9. The maximum Gasteiger partial charge on any atom is 0.337 e. The Morgan fingerprint density at radius 3 is 2.39 bits per heavy atom. The lowest BCUT2D eigenvalue weighted by atomic mass is 9.83. The van der Waals surface area contributed by atoms with Gasteiger partial charge in [0.25, 0.3) is 5.91 Å². The van der Waals surface area contributed by atoms with Crippen molar-refractivity contribution in [1.29, 1.82) is 0 Å². The molecule has 5 rings (SSSR count). The van der Waals surface area contributed by atoms with Gasteiger partial charge in [0.2, 0.25) is 0 Å². The zero-order valence-electron chi connectivity index (χ0n) is 24.3. The number of carboxylic acids is 1. The number of carbonyl (C=O) groups is 2. The van der Waals surface area contributed by atoms with Crippen LogP contribution in [0.2, 0.25) is 0 Å². The Hall–Kier alpha value is -3.78. The van der Waals surface area contributed by atoms with Gasteiger partial charge in [0.15, 0.2) is 17.7 Å². The van der Waals surface area contributed by atoms with E-state index in [9.17, 15) is 19.1 Å². The van der Waals surface area contributed by atoms with Crippen LogP contribution in [0, 0.1) is 32.4 Å². The minimum atomic E-state index is -1.33. The van der Waals surface area contributed by atoms with Gasteiger partial charge in [-0.1, -0.05) is 6.07 Å². The third-order valence-corrected chi connectivity index (χ3v) is 7.86. The number of halogens is 2. The number of ether oxygens (including phenoxy) is 2. The number of hydrogen-bond donors (Lipinski definition) is 1. The van der Waals surface area contributed by atoms with Gasteiger partial charge in [-0.2, -0.15) is 0 Å². The molecular formula is C33H35F2NO5. The van der Waals surface area contributed by atoms with Crippen LogP contribution in [0.25, 0.3) is 11.1 Å². The molecule has 0 bridgehead atoms. The molecule has 0 saturated carbocycles. The second-order valence-electron chi connectivity index (χ2n) is 11.9. The summed E-state index contributed by atoms with van der Waals surface area (Å²) in [5.74, 6) is -2.25. The van der Waals surface area contributed by atoms with Crippen molar-refractivity contribution in [3.05, 3.63) is 80.9 Å². The highest BCUT2D eigenvalue weighted by Crippen LogP contribution is 2.47. The molecule has 1 amide bonds. The number of hydrogen-bond acceptors (Lipinski definition) is 4. The number of benzene rings is 3. The Labute approximate surface area is 238 Å². The molecule has 216 valence electrons. The molecule has 0 aliphatic carbocycles. The maximum atomic E-state index is 15.5. The van der Waals surface area contributed by atoms with Crippen LogP contribution in [0.1, 0.15) is 77.0 Å². The molecule has 3 aromatic rings. The molecule has 8 heteroatoms. The van der Waals surface area contributed by atoms with Crippen molar-refractivity contribution in [2.24, 2.45) is 0 Å². The van der Waals surface area contributed by atoms with Gasteiger partial charge in [-0.05, 0) is 118 Å². The summed E-state index contributed by atoms with van der Waals surface area (Å²) in [5, 5.41) is 10.4. The first-order valence-corrected chi connectivity index (χ1v) is 13.9. The van der Waals surface area contributed by atoms with Gasteiger partial charge in [-0.25, -0.2) is 13.6 Å². The Kier molecular flexibility index (Phi) is 7.40. The average Bonchev–Trinajstić information content (AvgIpc) is 3.32. The molecule has 3 aromatic carbocycles. The second-order valence-corrected chi connectivity index (χ2v) is 11.9. The number of rotatable bonds is 5. The lowest BCUT2D eigenvalue weighted by molar-refractivity contribution is -0.160. The molecule has 1 N–H and O–H groups in total. The topological polar surface area (TPSA) is 76.1 Å². The van der Waals surface area contributed by atoms with E-state index in [0.29, 0.717) is 59.5 Å². The molecule has 0 fully saturated rings. The molecule has 41 heavy (non-hydrogen) atoms. The van der Waals surface area contributed by atoms with Crippen LogP contribution in [0.4, 0.5) is 14.5 Å². The smallest absolute Gasteiger partial charge is 0.337 e. The van der Waals surface area contributed by atoms with Crippen LogP contribution in [0.3, 0.4) is 0 Å². The Bertz CT molecular complexity index is 1570. The molecule has 2 heterocycles. The van der Waals surface area contributed by atoms with Crippen LogP contribution >= 0.6 is 0 Å². The van der Waals surface area contributed by atoms with Crippen molar-refractivity contribution in [1.82, 2.24) is 0 Å². The molecule has 2 aliphatic rings. The van der Waals surface area contributed by atoms with Gasteiger partial charge in [-0.15, -0.1) is 0 Å². The van der Waals surface area contributed by atoms with Crippen molar-refractivity contribution < 1.29 is 33.0 Å². The molecule has 0 aromatic heterocycles. The minimum absolute atomic E-state index is 0.219.